The molecule has 1 heteroatoms. The van der Waals surface area contributed by atoms with Crippen LogP contribution in [0.1, 0.15) is 36.0 Å². The molecule has 0 bridgehead atoms. The molecule has 0 saturated carbocycles. The van der Waals surface area contributed by atoms with Gasteiger partial charge in [-0.3, -0.25) is 4.79 Å². The second-order valence-electron chi connectivity index (χ2n) is 5.03. The fourth-order valence-corrected chi connectivity index (χ4v) is 2.37. The molecule has 0 aliphatic carbocycles. The van der Waals surface area contributed by atoms with Gasteiger partial charge in [-0.15, -0.1) is 0 Å². The zero-order valence-electron chi connectivity index (χ0n) is 11.6. The highest BCUT2D eigenvalue weighted by molar-refractivity contribution is 5.85. The lowest BCUT2D eigenvalue weighted by molar-refractivity contribution is -0.120. The van der Waals surface area contributed by atoms with Crippen molar-refractivity contribution >= 4 is 5.78 Å². The third-order valence-corrected chi connectivity index (χ3v) is 3.64. The lowest BCUT2D eigenvalue weighted by atomic mass is 9.90. The highest BCUT2D eigenvalue weighted by Gasteiger charge is 2.16. The monoisotopic (exact) mass is 252 g/mol. The van der Waals surface area contributed by atoms with E-state index in [0.717, 1.165) is 12.0 Å². The first-order chi connectivity index (χ1) is 9.18. The summed E-state index contributed by atoms with van der Waals surface area (Å²) in [6, 6.07) is 18.3. The number of benzene rings is 2. The minimum Gasteiger partial charge on any atom is -0.299 e. The molecular weight excluding hydrogens is 232 g/mol. The number of Topliss-reactive ketones (excluding diaryl/α,β-unsaturated/α-hetero) is 1. The van der Waals surface area contributed by atoms with Crippen molar-refractivity contribution in [2.75, 3.05) is 0 Å². The Labute approximate surface area is 115 Å². The molecule has 0 N–H and O–H groups in total. The Morgan fingerprint density at radius 3 is 2.32 bits per heavy atom. The zero-order chi connectivity index (χ0) is 13.7. The van der Waals surface area contributed by atoms with Gasteiger partial charge in [0.05, 0.1) is 0 Å². The van der Waals surface area contributed by atoms with Crippen LogP contribution >= 0.6 is 0 Å². The van der Waals surface area contributed by atoms with Crippen LogP contribution < -0.4 is 0 Å². The van der Waals surface area contributed by atoms with E-state index in [1.807, 2.05) is 37.3 Å². The number of hydrogen-bond acceptors (Lipinski definition) is 1. The van der Waals surface area contributed by atoms with Gasteiger partial charge in [0.1, 0.15) is 5.78 Å². The Morgan fingerprint density at radius 1 is 1.00 bits per heavy atom. The van der Waals surface area contributed by atoms with Gasteiger partial charge in [0, 0.05) is 12.3 Å². The maximum absolute atomic E-state index is 12.3. The van der Waals surface area contributed by atoms with E-state index in [2.05, 4.69) is 31.2 Å². The number of carbonyl (C=O) groups excluding carboxylic acids is 1. The highest BCUT2D eigenvalue weighted by atomic mass is 16.1. The first kappa shape index (κ1) is 13.5. The van der Waals surface area contributed by atoms with Crippen LogP contribution in [0.2, 0.25) is 0 Å². The maximum atomic E-state index is 12.3. The summed E-state index contributed by atoms with van der Waals surface area (Å²) in [6.07, 6.45) is 1.44. The highest BCUT2D eigenvalue weighted by Crippen LogP contribution is 2.21. The Kier molecular flexibility index (Phi) is 4.51. The maximum Gasteiger partial charge on any atom is 0.140 e. The van der Waals surface area contributed by atoms with Crippen molar-refractivity contribution in [2.45, 2.75) is 32.6 Å². The standard InChI is InChI=1S/C18H20O/c1-14-8-6-7-11-17(14)15(2)18(19)13-12-16-9-4-3-5-10-16/h3-11,15H,12-13H2,1-2H3/t15-/m1/s1. The summed E-state index contributed by atoms with van der Waals surface area (Å²) >= 11 is 0. The summed E-state index contributed by atoms with van der Waals surface area (Å²) in [6.45, 7) is 4.08. The number of rotatable bonds is 5. The van der Waals surface area contributed by atoms with E-state index in [1.54, 1.807) is 0 Å². The van der Waals surface area contributed by atoms with Gasteiger partial charge in [-0.1, -0.05) is 61.5 Å². The van der Waals surface area contributed by atoms with Crippen molar-refractivity contribution in [2.24, 2.45) is 0 Å². The van der Waals surface area contributed by atoms with Crippen LogP contribution in [0.4, 0.5) is 0 Å². The second-order valence-corrected chi connectivity index (χ2v) is 5.03. The summed E-state index contributed by atoms with van der Waals surface area (Å²) in [5.41, 5.74) is 3.58. The van der Waals surface area contributed by atoms with Crippen LogP contribution in [-0.4, -0.2) is 5.78 Å². The number of ketones is 1. The minimum atomic E-state index is -0.00934. The summed E-state index contributed by atoms with van der Waals surface area (Å²) in [5.74, 6) is 0.308. The molecule has 2 aromatic rings. The normalized spacial score (nSPS) is 12.1. The Hall–Kier alpha value is -1.89. The van der Waals surface area contributed by atoms with Crippen LogP contribution in [0.15, 0.2) is 54.6 Å². The summed E-state index contributed by atoms with van der Waals surface area (Å²) in [5, 5.41) is 0. The molecule has 1 atom stereocenters. The topological polar surface area (TPSA) is 17.1 Å². The van der Waals surface area contributed by atoms with Crippen LogP contribution in [0.3, 0.4) is 0 Å². The Bertz CT molecular complexity index is 543. The zero-order valence-corrected chi connectivity index (χ0v) is 11.6. The van der Waals surface area contributed by atoms with Gasteiger partial charge in [0.15, 0.2) is 0 Å². The van der Waals surface area contributed by atoms with Crippen molar-refractivity contribution in [1.29, 1.82) is 0 Å². The lowest BCUT2D eigenvalue weighted by Gasteiger charge is -2.13. The van der Waals surface area contributed by atoms with E-state index in [1.165, 1.54) is 11.1 Å². The minimum absolute atomic E-state index is 0.00934. The summed E-state index contributed by atoms with van der Waals surface area (Å²) < 4.78 is 0. The van der Waals surface area contributed by atoms with Gasteiger partial charge in [0.25, 0.3) is 0 Å². The van der Waals surface area contributed by atoms with Crippen molar-refractivity contribution in [3.8, 4) is 0 Å². The average Bonchev–Trinajstić information content (AvgIpc) is 2.45. The molecule has 0 aliphatic rings. The van der Waals surface area contributed by atoms with E-state index in [-0.39, 0.29) is 5.92 Å². The molecule has 0 spiro atoms. The molecule has 0 radical (unpaired) electrons. The van der Waals surface area contributed by atoms with Crippen molar-refractivity contribution in [1.82, 2.24) is 0 Å². The van der Waals surface area contributed by atoms with E-state index in [9.17, 15) is 4.79 Å². The second kappa shape index (κ2) is 6.33. The van der Waals surface area contributed by atoms with Crippen LogP contribution in [0.5, 0.6) is 0 Å². The molecule has 2 rings (SSSR count). The molecule has 2 aromatic carbocycles. The molecule has 0 heterocycles. The van der Waals surface area contributed by atoms with E-state index in [4.69, 9.17) is 0 Å². The molecule has 0 amide bonds. The Balaban J connectivity index is 1.99. The van der Waals surface area contributed by atoms with Crippen LogP contribution in [-0.2, 0) is 11.2 Å². The lowest BCUT2D eigenvalue weighted by Crippen LogP contribution is -2.11. The molecular formula is C18H20O. The Morgan fingerprint density at radius 2 is 1.63 bits per heavy atom. The smallest absolute Gasteiger partial charge is 0.140 e. The molecule has 0 unspecified atom stereocenters. The average molecular weight is 252 g/mol. The van der Waals surface area contributed by atoms with E-state index in [0.29, 0.717) is 12.2 Å². The number of aryl methyl sites for hydroxylation is 2. The van der Waals surface area contributed by atoms with Crippen LogP contribution in [0.25, 0.3) is 0 Å². The van der Waals surface area contributed by atoms with Gasteiger partial charge in [-0.25, -0.2) is 0 Å². The summed E-state index contributed by atoms with van der Waals surface area (Å²) in [7, 11) is 0. The molecule has 0 aromatic heterocycles. The molecule has 0 fully saturated rings. The van der Waals surface area contributed by atoms with Gasteiger partial charge < -0.3 is 0 Å². The molecule has 1 nitrogen and oxygen atoms in total. The van der Waals surface area contributed by atoms with Gasteiger partial charge in [-0.05, 0) is 30.0 Å². The number of carbonyl (C=O) groups is 1. The van der Waals surface area contributed by atoms with Crippen molar-refractivity contribution in [3.05, 3.63) is 71.3 Å². The van der Waals surface area contributed by atoms with Gasteiger partial charge in [-0.2, -0.15) is 0 Å². The van der Waals surface area contributed by atoms with Crippen LogP contribution in [0, 0.1) is 6.92 Å². The fraction of sp³-hybridized carbons (Fsp3) is 0.278. The molecule has 19 heavy (non-hydrogen) atoms. The molecule has 0 saturated heterocycles. The fourth-order valence-electron chi connectivity index (χ4n) is 2.37. The predicted octanol–water partition coefficient (Wildman–Crippen LogP) is 4.30. The van der Waals surface area contributed by atoms with E-state index < -0.39 is 0 Å². The third-order valence-electron chi connectivity index (χ3n) is 3.64. The molecule has 98 valence electrons. The quantitative estimate of drug-likeness (QED) is 0.775. The third kappa shape index (κ3) is 3.54. The van der Waals surface area contributed by atoms with Gasteiger partial charge in [0.2, 0.25) is 0 Å². The van der Waals surface area contributed by atoms with Crippen molar-refractivity contribution in [3.63, 3.8) is 0 Å². The molecule has 0 aliphatic heterocycles. The van der Waals surface area contributed by atoms with E-state index >= 15 is 0 Å². The first-order valence-electron chi connectivity index (χ1n) is 6.80. The first-order valence-corrected chi connectivity index (χ1v) is 6.80. The SMILES string of the molecule is Cc1ccccc1[C@@H](C)C(=O)CCc1ccccc1. The largest absolute Gasteiger partial charge is 0.299 e. The van der Waals surface area contributed by atoms with Crippen molar-refractivity contribution < 1.29 is 4.79 Å². The predicted molar refractivity (Wildman–Crippen MR) is 79.4 cm³/mol. The van der Waals surface area contributed by atoms with Gasteiger partial charge >= 0.3 is 0 Å². The number of hydrogen-bond donors (Lipinski definition) is 0. The summed E-state index contributed by atoms with van der Waals surface area (Å²) in [4.78, 5) is 12.3.